The maximum absolute atomic E-state index is 13.2. The fourth-order valence-electron chi connectivity index (χ4n) is 4.98. The van der Waals surface area contributed by atoms with Crippen molar-refractivity contribution in [3.8, 4) is 22.8 Å². The van der Waals surface area contributed by atoms with Crippen LogP contribution in [0, 0.1) is 5.92 Å². The van der Waals surface area contributed by atoms with Crippen LogP contribution >= 0.6 is 11.8 Å². The molecule has 0 spiro atoms. The molecule has 0 radical (unpaired) electrons. The normalized spacial score (nSPS) is 24.6. The van der Waals surface area contributed by atoms with Gasteiger partial charge in [0.2, 0.25) is 5.91 Å². The topological polar surface area (TPSA) is 90.0 Å². The molecule has 1 saturated carbocycles. The molecule has 5 rings (SSSR count). The van der Waals surface area contributed by atoms with Gasteiger partial charge in [-0.3, -0.25) is 4.79 Å². The molecular weight excluding hydrogens is 506 g/mol. The lowest BCUT2D eigenvalue weighted by molar-refractivity contribution is -0.149. The minimum Gasteiger partial charge on any atom is -0.497 e. The van der Waals surface area contributed by atoms with Gasteiger partial charge in [-0.1, -0.05) is 36.4 Å². The molecule has 9 heteroatoms. The van der Waals surface area contributed by atoms with E-state index in [2.05, 4.69) is 11.9 Å². The third kappa shape index (κ3) is 4.93. The molecule has 1 amide bonds. The van der Waals surface area contributed by atoms with Crippen molar-refractivity contribution in [1.82, 2.24) is 14.7 Å². The Bertz CT molecular complexity index is 1370. The Morgan fingerprint density at radius 2 is 2.03 bits per heavy atom. The lowest BCUT2D eigenvalue weighted by Gasteiger charge is -2.21. The summed E-state index contributed by atoms with van der Waals surface area (Å²) >= 11 is 6.51. The first-order chi connectivity index (χ1) is 18.4. The van der Waals surface area contributed by atoms with Gasteiger partial charge in [0.25, 0.3) is 0 Å². The van der Waals surface area contributed by atoms with Crippen LogP contribution in [0.2, 0.25) is 0 Å². The summed E-state index contributed by atoms with van der Waals surface area (Å²) in [6, 6.07) is 16.7. The summed E-state index contributed by atoms with van der Waals surface area (Å²) in [5, 5.41) is 3.72. The maximum Gasteiger partial charge on any atom is 0.332 e. The van der Waals surface area contributed by atoms with E-state index < -0.39 is 17.6 Å². The van der Waals surface area contributed by atoms with E-state index in [9.17, 15) is 9.59 Å². The number of ether oxygens (including phenoxy) is 3. The molecule has 2 aliphatic rings. The molecule has 1 aliphatic heterocycles. The first-order valence-electron chi connectivity index (χ1n) is 12.6. The number of fused-ring (bicyclic) bond motifs is 1. The van der Waals surface area contributed by atoms with Crippen LogP contribution in [-0.2, 0) is 14.3 Å². The van der Waals surface area contributed by atoms with E-state index in [1.165, 1.54) is 4.42 Å². The number of benzene rings is 2. The van der Waals surface area contributed by atoms with Crippen LogP contribution in [0.3, 0.4) is 0 Å². The van der Waals surface area contributed by atoms with E-state index >= 15 is 0 Å². The molecule has 38 heavy (non-hydrogen) atoms. The van der Waals surface area contributed by atoms with E-state index in [0.717, 1.165) is 22.2 Å². The second-order valence-electron chi connectivity index (χ2n) is 9.56. The van der Waals surface area contributed by atoms with E-state index in [4.69, 9.17) is 31.0 Å². The summed E-state index contributed by atoms with van der Waals surface area (Å²) in [5.74, 6) is 0.387. The average Bonchev–Trinajstić information content (AvgIpc) is 3.53. The first-order valence-corrected chi connectivity index (χ1v) is 13.0. The number of hydrogen-bond donors (Lipinski definition) is 1. The zero-order valence-corrected chi connectivity index (χ0v) is 22.1. The first kappa shape index (κ1) is 26.0. The Morgan fingerprint density at radius 3 is 2.71 bits per heavy atom. The van der Waals surface area contributed by atoms with Crippen LogP contribution in [0.1, 0.15) is 19.8 Å². The van der Waals surface area contributed by atoms with Crippen molar-refractivity contribution in [2.45, 2.75) is 37.5 Å². The molecule has 0 unspecified atom stereocenters. The molecule has 2 heterocycles. The zero-order chi connectivity index (χ0) is 26.9. The van der Waals surface area contributed by atoms with Crippen LogP contribution in [0.4, 0.5) is 0 Å². The molecule has 2 aromatic carbocycles. The molecular formula is C29H30ClN3O5. The fourth-order valence-corrected chi connectivity index (χ4v) is 5.30. The van der Waals surface area contributed by atoms with Gasteiger partial charge in [-0.15, -0.1) is 6.58 Å². The number of esters is 1. The number of methoxy groups -OCH3 is 1. The molecule has 4 atom stereocenters. The van der Waals surface area contributed by atoms with Gasteiger partial charge in [-0.05, 0) is 37.3 Å². The predicted molar refractivity (Wildman–Crippen MR) is 145 cm³/mol. The molecule has 0 bridgehead atoms. The van der Waals surface area contributed by atoms with Gasteiger partial charge in [0.1, 0.15) is 29.2 Å². The van der Waals surface area contributed by atoms with Crippen molar-refractivity contribution in [2.24, 2.45) is 5.92 Å². The minimum absolute atomic E-state index is 0.167. The molecule has 2 fully saturated rings. The smallest absolute Gasteiger partial charge is 0.332 e. The van der Waals surface area contributed by atoms with Crippen molar-refractivity contribution in [2.75, 3.05) is 20.3 Å². The number of amides is 1. The summed E-state index contributed by atoms with van der Waals surface area (Å²) in [4.78, 5) is 30.7. The summed E-state index contributed by atoms with van der Waals surface area (Å²) in [7, 11) is 1.61. The number of halogens is 1. The van der Waals surface area contributed by atoms with E-state index in [1.807, 2.05) is 54.6 Å². The van der Waals surface area contributed by atoms with Crippen molar-refractivity contribution in [3.63, 3.8) is 0 Å². The largest absolute Gasteiger partial charge is 0.497 e. The van der Waals surface area contributed by atoms with E-state index in [1.54, 1.807) is 20.1 Å². The quantitative estimate of drug-likeness (QED) is 0.245. The number of nitrogens with one attached hydrogen (secondary N) is 1. The lowest BCUT2D eigenvalue weighted by Crippen LogP contribution is -2.51. The number of pyridine rings is 1. The highest BCUT2D eigenvalue weighted by atomic mass is 35.5. The molecule has 1 aliphatic carbocycles. The van der Waals surface area contributed by atoms with Gasteiger partial charge in [0.05, 0.1) is 31.5 Å². The Kier molecular flexibility index (Phi) is 7.27. The molecule has 3 aromatic rings. The highest BCUT2D eigenvalue weighted by Gasteiger charge is 2.61. The predicted octanol–water partition coefficient (Wildman–Crippen LogP) is 4.51. The van der Waals surface area contributed by atoms with Gasteiger partial charge >= 0.3 is 5.97 Å². The fraction of sp³-hybridized carbons (Fsp3) is 0.345. The minimum atomic E-state index is -1.07. The Morgan fingerprint density at radius 1 is 1.24 bits per heavy atom. The second-order valence-corrected chi connectivity index (χ2v) is 9.99. The van der Waals surface area contributed by atoms with Crippen molar-refractivity contribution >= 4 is 34.6 Å². The van der Waals surface area contributed by atoms with Gasteiger partial charge in [-0.25, -0.2) is 14.2 Å². The molecule has 1 aromatic heterocycles. The van der Waals surface area contributed by atoms with Crippen LogP contribution in [0.25, 0.3) is 22.2 Å². The second kappa shape index (κ2) is 10.6. The summed E-state index contributed by atoms with van der Waals surface area (Å²) in [6.07, 6.45) is 2.13. The number of aromatic nitrogens is 1. The van der Waals surface area contributed by atoms with E-state index in [-0.39, 0.29) is 24.5 Å². The van der Waals surface area contributed by atoms with Gasteiger partial charge < -0.3 is 19.5 Å². The highest BCUT2D eigenvalue weighted by Crippen LogP contribution is 2.46. The lowest BCUT2D eigenvalue weighted by atomic mass is 10.1. The number of carbonyl (C=O) groups is 2. The third-order valence-corrected chi connectivity index (χ3v) is 7.51. The summed E-state index contributed by atoms with van der Waals surface area (Å²) < 4.78 is 18.5. The number of nitrogens with zero attached hydrogens (tertiary/aromatic N) is 2. The van der Waals surface area contributed by atoms with Gasteiger partial charge in [-0.2, -0.15) is 0 Å². The summed E-state index contributed by atoms with van der Waals surface area (Å²) in [5.41, 5.74) is 1.37. The van der Waals surface area contributed by atoms with Crippen molar-refractivity contribution in [1.29, 1.82) is 0 Å². The van der Waals surface area contributed by atoms with Crippen LogP contribution < -0.4 is 14.8 Å². The Hall–Kier alpha value is -3.62. The number of carbonyl (C=O) groups excluding carboxylic acids is 2. The van der Waals surface area contributed by atoms with Crippen LogP contribution in [-0.4, -0.2) is 59.2 Å². The molecule has 8 nitrogen and oxygen atoms in total. The Balaban J connectivity index is 1.37. The van der Waals surface area contributed by atoms with Crippen molar-refractivity contribution in [3.05, 3.63) is 67.3 Å². The highest BCUT2D eigenvalue weighted by molar-refractivity contribution is 6.15. The van der Waals surface area contributed by atoms with Crippen LogP contribution in [0.15, 0.2) is 67.3 Å². The Labute approximate surface area is 226 Å². The standard InChI is InChI=1S/C29H30ClN3O5/c1-4-19-16-29(19,28(35)37-5-2)32-27(34)25-14-21(17-33(25)30)38-26-15-23(18-9-7-6-8-10-18)31-24-13-20(36-3)11-12-22(24)26/h4,6-13,15,19,21,25H,1,5,14,16-17H2,2-3H3,(H,32,34)/t19-,21-,25+,29-/m1/s1. The summed E-state index contributed by atoms with van der Waals surface area (Å²) in [6.45, 7) is 6.08. The van der Waals surface area contributed by atoms with Gasteiger partial charge in [0, 0.05) is 35.4 Å². The SMILES string of the molecule is C=C[C@@H]1C[C@]1(NC(=O)[C@@H]1C[C@@H](Oc2cc(-c3ccccc3)nc3cc(OC)ccc23)CN1Cl)C(=O)OCC. The number of rotatable bonds is 9. The average molecular weight is 536 g/mol. The molecule has 1 saturated heterocycles. The zero-order valence-electron chi connectivity index (χ0n) is 21.4. The van der Waals surface area contributed by atoms with Gasteiger partial charge in [0.15, 0.2) is 0 Å². The van der Waals surface area contributed by atoms with Crippen molar-refractivity contribution < 1.29 is 23.8 Å². The molecule has 198 valence electrons. The molecule has 1 N–H and O–H groups in total. The number of hydrogen-bond acceptors (Lipinski definition) is 7. The third-order valence-electron chi connectivity index (χ3n) is 7.13. The van der Waals surface area contributed by atoms with E-state index in [0.29, 0.717) is 30.9 Å². The monoisotopic (exact) mass is 535 g/mol. The maximum atomic E-state index is 13.2. The van der Waals surface area contributed by atoms with Crippen LogP contribution in [0.5, 0.6) is 11.5 Å².